The fourth-order valence-electron chi connectivity index (χ4n) is 2.66. The van der Waals surface area contributed by atoms with Crippen molar-refractivity contribution in [1.82, 2.24) is 4.90 Å². The number of aryl methyl sites for hydroxylation is 1. The summed E-state index contributed by atoms with van der Waals surface area (Å²) < 4.78 is 13.5. The topological polar surface area (TPSA) is 29.3 Å². The van der Waals surface area contributed by atoms with Gasteiger partial charge in [-0.25, -0.2) is 4.39 Å². The number of piperidine rings is 1. The van der Waals surface area contributed by atoms with Crippen LogP contribution in [0.25, 0.3) is 0 Å². The summed E-state index contributed by atoms with van der Waals surface area (Å²) in [6.45, 7) is 6.85. The Bertz CT molecular complexity index is 409. The van der Waals surface area contributed by atoms with E-state index in [0.29, 0.717) is 11.5 Å². The normalized spacial score (nSPS) is 21.8. The summed E-state index contributed by atoms with van der Waals surface area (Å²) in [5, 5.41) is 0. The molecule has 2 atom stereocenters. The molecule has 2 nitrogen and oxygen atoms in total. The van der Waals surface area contributed by atoms with Crippen molar-refractivity contribution in [2.24, 2.45) is 11.7 Å². The third kappa shape index (κ3) is 4.44. The van der Waals surface area contributed by atoms with E-state index in [1.807, 2.05) is 12.1 Å². The lowest BCUT2D eigenvalue weighted by Crippen LogP contribution is -2.41. The van der Waals surface area contributed by atoms with E-state index in [-0.39, 0.29) is 24.3 Å². The molecule has 19 heavy (non-hydrogen) atoms. The van der Waals surface area contributed by atoms with Crippen LogP contribution in [0.2, 0.25) is 0 Å². The second-order valence-electron chi connectivity index (χ2n) is 5.58. The summed E-state index contributed by atoms with van der Waals surface area (Å²) in [5.41, 5.74) is 7.75. The Morgan fingerprint density at radius 2 is 2.21 bits per heavy atom. The largest absolute Gasteiger partial charge is 0.328 e. The molecule has 2 N–H and O–H groups in total. The molecular formula is C15H24ClFN2. The van der Waals surface area contributed by atoms with Crippen molar-refractivity contribution in [3.63, 3.8) is 0 Å². The van der Waals surface area contributed by atoms with Crippen LogP contribution in [0.1, 0.15) is 30.9 Å². The second-order valence-corrected chi connectivity index (χ2v) is 5.58. The zero-order chi connectivity index (χ0) is 13.1. The molecule has 4 heteroatoms. The highest BCUT2D eigenvalue weighted by molar-refractivity contribution is 5.85. The highest BCUT2D eigenvalue weighted by Gasteiger charge is 2.22. The highest BCUT2D eigenvalue weighted by atomic mass is 35.5. The van der Waals surface area contributed by atoms with Crippen LogP contribution < -0.4 is 5.73 Å². The second kappa shape index (κ2) is 7.22. The molecule has 0 radical (unpaired) electrons. The van der Waals surface area contributed by atoms with Gasteiger partial charge < -0.3 is 5.73 Å². The fraction of sp³-hybridized carbons (Fsp3) is 0.600. The minimum atomic E-state index is -0.103. The minimum Gasteiger partial charge on any atom is -0.328 e. The van der Waals surface area contributed by atoms with Gasteiger partial charge in [-0.1, -0.05) is 12.1 Å². The third-order valence-corrected chi connectivity index (χ3v) is 3.93. The number of rotatable bonds is 3. The van der Waals surface area contributed by atoms with Gasteiger partial charge in [-0.05, 0) is 56.3 Å². The lowest BCUT2D eigenvalue weighted by molar-refractivity contribution is 0.154. The molecule has 108 valence electrons. The van der Waals surface area contributed by atoms with Crippen molar-refractivity contribution in [3.8, 4) is 0 Å². The van der Waals surface area contributed by atoms with Gasteiger partial charge in [0.1, 0.15) is 5.82 Å². The maximum absolute atomic E-state index is 13.5. The van der Waals surface area contributed by atoms with Crippen molar-refractivity contribution in [2.45, 2.75) is 39.3 Å². The highest BCUT2D eigenvalue weighted by Crippen LogP contribution is 2.21. The molecule has 1 saturated heterocycles. The van der Waals surface area contributed by atoms with Gasteiger partial charge in [0.25, 0.3) is 0 Å². The van der Waals surface area contributed by atoms with E-state index in [1.165, 1.54) is 12.8 Å². The van der Waals surface area contributed by atoms with Crippen molar-refractivity contribution in [3.05, 3.63) is 35.1 Å². The first kappa shape index (κ1) is 16.4. The van der Waals surface area contributed by atoms with Gasteiger partial charge in [0.15, 0.2) is 0 Å². The quantitative estimate of drug-likeness (QED) is 0.925. The Labute approximate surface area is 121 Å². The van der Waals surface area contributed by atoms with Crippen molar-refractivity contribution in [2.75, 3.05) is 13.1 Å². The van der Waals surface area contributed by atoms with Crippen molar-refractivity contribution < 1.29 is 4.39 Å². The molecule has 0 aliphatic carbocycles. The number of nitrogens with two attached hydrogens (primary N) is 1. The van der Waals surface area contributed by atoms with Crippen molar-refractivity contribution >= 4 is 12.4 Å². The van der Waals surface area contributed by atoms with Gasteiger partial charge in [0.2, 0.25) is 0 Å². The Hall–Kier alpha value is -0.640. The van der Waals surface area contributed by atoms with Crippen LogP contribution >= 0.6 is 12.4 Å². The first-order chi connectivity index (χ1) is 8.56. The maximum atomic E-state index is 13.5. The number of benzene rings is 1. The van der Waals surface area contributed by atoms with Crippen LogP contribution in [0.4, 0.5) is 4.39 Å². The molecule has 1 heterocycles. The van der Waals surface area contributed by atoms with Gasteiger partial charge in [-0.2, -0.15) is 0 Å². The number of nitrogens with zero attached hydrogens (tertiary/aromatic N) is 1. The molecule has 2 unspecified atom stereocenters. The van der Waals surface area contributed by atoms with E-state index < -0.39 is 0 Å². The van der Waals surface area contributed by atoms with Crippen molar-refractivity contribution in [1.29, 1.82) is 0 Å². The number of halogens is 2. The smallest absolute Gasteiger partial charge is 0.126 e. The van der Waals surface area contributed by atoms with E-state index in [4.69, 9.17) is 5.73 Å². The molecular weight excluding hydrogens is 263 g/mol. The molecule has 0 aromatic heterocycles. The summed E-state index contributed by atoms with van der Waals surface area (Å²) in [5.74, 6) is 0.474. The summed E-state index contributed by atoms with van der Waals surface area (Å²) in [6, 6.07) is 5.79. The minimum absolute atomic E-state index is 0. The molecule has 0 amide bonds. The van der Waals surface area contributed by atoms with Crippen LogP contribution in [-0.4, -0.2) is 24.0 Å². The zero-order valence-corrected chi connectivity index (χ0v) is 12.5. The molecule has 0 bridgehead atoms. The van der Waals surface area contributed by atoms with Crippen LogP contribution in [0.3, 0.4) is 0 Å². The maximum Gasteiger partial charge on any atom is 0.126 e. The molecule has 1 aliphatic heterocycles. The molecule has 1 aromatic carbocycles. The molecule has 1 fully saturated rings. The van der Waals surface area contributed by atoms with Crippen LogP contribution in [0.5, 0.6) is 0 Å². The van der Waals surface area contributed by atoms with E-state index in [0.717, 1.165) is 25.2 Å². The van der Waals surface area contributed by atoms with E-state index >= 15 is 0 Å². The van der Waals surface area contributed by atoms with Gasteiger partial charge in [-0.3, -0.25) is 4.90 Å². The number of hydrogen-bond acceptors (Lipinski definition) is 2. The summed E-state index contributed by atoms with van der Waals surface area (Å²) in [6.07, 6.45) is 2.41. The average molecular weight is 287 g/mol. The first-order valence-corrected chi connectivity index (χ1v) is 6.79. The van der Waals surface area contributed by atoms with Gasteiger partial charge in [0, 0.05) is 19.1 Å². The Balaban J connectivity index is 0.00000180. The van der Waals surface area contributed by atoms with Crippen LogP contribution in [-0.2, 0) is 6.54 Å². The number of hydrogen-bond donors (Lipinski definition) is 1. The van der Waals surface area contributed by atoms with Crippen LogP contribution in [0.15, 0.2) is 18.2 Å². The summed E-state index contributed by atoms with van der Waals surface area (Å²) >= 11 is 0. The molecule has 1 aliphatic rings. The molecule has 0 saturated carbocycles. The zero-order valence-electron chi connectivity index (χ0n) is 11.7. The third-order valence-electron chi connectivity index (χ3n) is 3.93. The molecule has 0 spiro atoms. The Morgan fingerprint density at radius 1 is 1.47 bits per heavy atom. The Morgan fingerprint density at radius 3 is 2.84 bits per heavy atom. The SMILES string of the molecule is Cc1ccc(CN2CCCC(C(C)N)C2)cc1F.Cl. The average Bonchev–Trinajstić information content (AvgIpc) is 2.34. The van der Waals surface area contributed by atoms with Gasteiger partial charge >= 0.3 is 0 Å². The monoisotopic (exact) mass is 286 g/mol. The predicted octanol–water partition coefficient (Wildman–Crippen LogP) is 3.12. The fourth-order valence-corrected chi connectivity index (χ4v) is 2.66. The van der Waals surface area contributed by atoms with Gasteiger partial charge in [-0.15, -0.1) is 12.4 Å². The molecule has 1 aromatic rings. The number of likely N-dealkylation sites (tertiary alicyclic amines) is 1. The first-order valence-electron chi connectivity index (χ1n) is 6.79. The van der Waals surface area contributed by atoms with E-state index in [1.54, 1.807) is 13.0 Å². The summed E-state index contributed by atoms with van der Waals surface area (Å²) in [4.78, 5) is 2.39. The van der Waals surface area contributed by atoms with Crippen LogP contribution in [0, 0.1) is 18.7 Å². The Kier molecular flexibility index (Phi) is 6.24. The van der Waals surface area contributed by atoms with Gasteiger partial charge in [0.05, 0.1) is 0 Å². The summed E-state index contributed by atoms with van der Waals surface area (Å²) in [7, 11) is 0. The lowest BCUT2D eigenvalue weighted by Gasteiger charge is -2.34. The lowest BCUT2D eigenvalue weighted by atomic mass is 9.92. The standard InChI is InChI=1S/C15H23FN2.ClH/c1-11-5-6-13(8-15(11)16)9-18-7-3-4-14(10-18)12(2)17;/h5-6,8,12,14H,3-4,7,9-10,17H2,1-2H3;1H. The predicted molar refractivity (Wildman–Crippen MR) is 80.0 cm³/mol. The van der Waals surface area contributed by atoms with E-state index in [2.05, 4.69) is 11.8 Å². The molecule has 2 rings (SSSR count). The van der Waals surface area contributed by atoms with E-state index in [9.17, 15) is 4.39 Å².